The third-order valence-corrected chi connectivity index (χ3v) is 1.02. The number of aliphatic carboxylic acids is 1. The molecule has 0 fully saturated rings. The van der Waals surface area contributed by atoms with Gasteiger partial charge in [-0.2, -0.15) is 0 Å². The summed E-state index contributed by atoms with van der Waals surface area (Å²) in [5, 5.41) is 13.3. The van der Waals surface area contributed by atoms with E-state index in [1.807, 2.05) is 5.32 Å². The van der Waals surface area contributed by atoms with E-state index in [2.05, 4.69) is 14.8 Å². The number of amides is 1. The molecule has 0 bridgehead atoms. The number of nitrogens with zero attached hydrogens (tertiary/aromatic N) is 3. The van der Waals surface area contributed by atoms with Crippen molar-refractivity contribution in [2.45, 2.75) is 13.0 Å². The molecule has 0 radical (unpaired) electrons. The monoisotopic (exact) mass is 188 g/mol. The van der Waals surface area contributed by atoms with Gasteiger partial charge in [-0.1, -0.05) is 5.11 Å². The number of ether oxygens (including phenoxy) is 1. The Kier molecular flexibility index (Phi) is 4.82. The number of hydrogen-bond acceptors (Lipinski definition) is 4. The highest BCUT2D eigenvalue weighted by atomic mass is 16.6. The molecule has 0 rings (SSSR count). The highest BCUT2D eigenvalue weighted by Gasteiger charge is 2.13. The van der Waals surface area contributed by atoms with Gasteiger partial charge in [0.1, 0.15) is 6.04 Å². The molecule has 1 atom stereocenters. The standard InChI is InChI=1S/C5H8N4O4/c1-3(4(10)11)8-5(12)13-2-7-9-6/h3H,2H2,1H3,(H,8,12)(H,10,11)/t3-/m0/s1. The summed E-state index contributed by atoms with van der Waals surface area (Å²) in [6.45, 7) is 0.811. The van der Waals surface area contributed by atoms with Crippen LogP contribution in [0.3, 0.4) is 0 Å². The van der Waals surface area contributed by atoms with Gasteiger partial charge in [0.25, 0.3) is 0 Å². The van der Waals surface area contributed by atoms with Gasteiger partial charge >= 0.3 is 12.1 Å². The van der Waals surface area contributed by atoms with Gasteiger partial charge in [0, 0.05) is 4.91 Å². The minimum Gasteiger partial charge on any atom is -0.480 e. The molecule has 0 aliphatic heterocycles. The first-order valence-electron chi connectivity index (χ1n) is 3.25. The van der Waals surface area contributed by atoms with Gasteiger partial charge in [-0.05, 0) is 12.5 Å². The molecule has 0 heterocycles. The fourth-order valence-electron chi connectivity index (χ4n) is 0.393. The van der Waals surface area contributed by atoms with E-state index in [0.29, 0.717) is 0 Å². The van der Waals surface area contributed by atoms with E-state index in [-0.39, 0.29) is 0 Å². The van der Waals surface area contributed by atoms with Crippen molar-refractivity contribution in [2.24, 2.45) is 5.11 Å². The first kappa shape index (κ1) is 11.1. The fourth-order valence-corrected chi connectivity index (χ4v) is 0.393. The average molecular weight is 188 g/mol. The Bertz CT molecular complexity index is 247. The molecule has 0 aromatic heterocycles. The molecule has 8 nitrogen and oxygen atoms in total. The molecule has 2 N–H and O–H groups in total. The van der Waals surface area contributed by atoms with Crippen LogP contribution in [0.5, 0.6) is 0 Å². The second kappa shape index (κ2) is 5.67. The maximum Gasteiger partial charge on any atom is 0.407 e. The molecule has 8 heteroatoms. The van der Waals surface area contributed by atoms with Crippen LogP contribution in [0, 0.1) is 0 Å². The number of carbonyl (C=O) groups is 2. The van der Waals surface area contributed by atoms with Crippen molar-refractivity contribution in [3.05, 3.63) is 10.4 Å². The molecule has 0 aromatic carbocycles. The van der Waals surface area contributed by atoms with E-state index in [4.69, 9.17) is 10.6 Å². The van der Waals surface area contributed by atoms with Crippen molar-refractivity contribution in [1.82, 2.24) is 5.32 Å². The van der Waals surface area contributed by atoms with E-state index in [1.54, 1.807) is 0 Å². The number of carbonyl (C=O) groups excluding carboxylic acids is 1. The lowest BCUT2D eigenvalue weighted by Crippen LogP contribution is -2.38. The number of alkyl carbamates (subject to hydrolysis) is 1. The Morgan fingerprint density at radius 1 is 1.77 bits per heavy atom. The van der Waals surface area contributed by atoms with Crippen molar-refractivity contribution in [1.29, 1.82) is 0 Å². The Morgan fingerprint density at radius 2 is 2.38 bits per heavy atom. The second-order valence-corrected chi connectivity index (χ2v) is 2.00. The first-order chi connectivity index (χ1) is 6.07. The lowest BCUT2D eigenvalue weighted by atomic mass is 10.4. The molecular weight excluding hydrogens is 180 g/mol. The van der Waals surface area contributed by atoms with Gasteiger partial charge in [0.05, 0.1) is 0 Å². The maximum absolute atomic E-state index is 10.7. The zero-order chi connectivity index (χ0) is 10.3. The Hall–Kier alpha value is -1.95. The minimum absolute atomic E-state index is 0.464. The van der Waals surface area contributed by atoms with Crippen LogP contribution in [0.15, 0.2) is 5.11 Å². The van der Waals surface area contributed by atoms with Crippen LogP contribution in [0.4, 0.5) is 4.79 Å². The van der Waals surface area contributed by atoms with Gasteiger partial charge < -0.3 is 15.2 Å². The molecule has 0 saturated heterocycles. The van der Waals surface area contributed by atoms with Crippen molar-refractivity contribution in [3.8, 4) is 0 Å². The summed E-state index contributed by atoms with van der Waals surface area (Å²) in [6.07, 6.45) is -0.942. The van der Waals surface area contributed by atoms with Crippen LogP contribution in [0.25, 0.3) is 10.4 Å². The lowest BCUT2D eigenvalue weighted by Gasteiger charge is -2.07. The molecule has 1 amide bonds. The Morgan fingerprint density at radius 3 is 2.85 bits per heavy atom. The van der Waals surface area contributed by atoms with E-state index in [1.165, 1.54) is 6.92 Å². The van der Waals surface area contributed by atoms with E-state index in [9.17, 15) is 9.59 Å². The third kappa shape index (κ3) is 5.33. The van der Waals surface area contributed by atoms with E-state index >= 15 is 0 Å². The molecule has 0 unspecified atom stereocenters. The number of nitrogens with one attached hydrogen (secondary N) is 1. The zero-order valence-corrected chi connectivity index (χ0v) is 6.80. The van der Waals surface area contributed by atoms with E-state index in [0.717, 1.165) is 0 Å². The topological polar surface area (TPSA) is 124 Å². The minimum atomic E-state index is -1.18. The summed E-state index contributed by atoms with van der Waals surface area (Å²) < 4.78 is 4.27. The first-order valence-corrected chi connectivity index (χ1v) is 3.25. The largest absolute Gasteiger partial charge is 0.480 e. The molecule has 0 aliphatic rings. The highest BCUT2D eigenvalue weighted by Crippen LogP contribution is 1.85. The maximum atomic E-state index is 10.7. The predicted octanol–water partition coefficient (Wildman–Crippen LogP) is 0.454. The van der Waals surface area contributed by atoms with Crippen LogP contribution in [0.2, 0.25) is 0 Å². The quantitative estimate of drug-likeness (QED) is 0.377. The molecule has 72 valence electrons. The number of hydrogen-bond donors (Lipinski definition) is 2. The number of carboxylic acids is 1. The van der Waals surface area contributed by atoms with Crippen LogP contribution in [0.1, 0.15) is 6.92 Å². The van der Waals surface area contributed by atoms with Gasteiger partial charge in [0.15, 0.2) is 6.73 Å². The summed E-state index contributed by atoms with van der Waals surface area (Å²) in [5.41, 5.74) is 7.80. The fraction of sp³-hybridized carbons (Fsp3) is 0.600. The van der Waals surface area contributed by atoms with Gasteiger partial charge in [0.2, 0.25) is 0 Å². The third-order valence-electron chi connectivity index (χ3n) is 1.02. The molecule has 0 spiro atoms. The smallest absolute Gasteiger partial charge is 0.407 e. The average Bonchev–Trinajstić information content (AvgIpc) is 2.04. The normalized spacial score (nSPS) is 10.8. The summed E-state index contributed by atoms with van der Waals surface area (Å²) in [6, 6.07) is -1.04. The lowest BCUT2D eigenvalue weighted by molar-refractivity contribution is -0.138. The van der Waals surface area contributed by atoms with Crippen molar-refractivity contribution in [2.75, 3.05) is 6.73 Å². The summed E-state index contributed by atoms with van der Waals surface area (Å²) in [7, 11) is 0. The second-order valence-electron chi connectivity index (χ2n) is 2.00. The van der Waals surface area contributed by atoms with Crippen LogP contribution < -0.4 is 5.32 Å². The number of azide groups is 1. The highest BCUT2D eigenvalue weighted by molar-refractivity contribution is 5.79. The van der Waals surface area contributed by atoms with Crippen molar-refractivity contribution in [3.63, 3.8) is 0 Å². The van der Waals surface area contributed by atoms with Crippen molar-refractivity contribution < 1.29 is 19.4 Å². The zero-order valence-electron chi connectivity index (χ0n) is 6.80. The molecular formula is C5H8N4O4. The van der Waals surface area contributed by atoms with E-state index < -0.39 is 24.8 Å². The SMILES string of the molecule is C[C@H](NC(=O)OCN=[N+]=[N-])C(=O)O. The summed E-state index contributed by atoms with van der Waals surface area (Å²) in [4.78, 5) is 23.2. The van der Waals surface area contributed by atoms with Gasteiger partial charge in [-0.3, -0.25) is 4.79 Å². The van der Waals surface area contributed by atoms with Crippen LogP contribution in [-0.2, 0) is 9.53 Å². The molecule has 13 heavy (non-hydrogen) atoms. The van der Waals surface area contributed by atoms with Crippen molar-refractivity contribution >= 4 is 12.1 Å². The van der Waals surface area contributed by atoms with Gasteiger partial charge in [-0.25, -0.2) is 4.79 Å². The molecule has 0 saturated carbocycles. The summed E-state index contributed by atoms with van der Waals surface area (Å²) >= 11 is 0. The Labute approximate surface area is 73.1 Å². The number of rotatable bonds is 4. The van der Waals surface area contributed by atoms with Crippen LogP contribution in [-0.4, -0.2) is 29.9 Å². The van der Waals surface area contributed by atoms with Gasteiger partial charge in [-0.15, -0.1) is 0 Å². The predicted molar refractivity (Wildman–Crippen MR) is 40.7 cm³/mol. The Balaban J connectivity index is 3.74. The number of carboxylic acid groups (broad SMARTS) is 1. The van der Waals surface area contributed by atoms with Crippen LogP contribution >= 0.6 is 0 Å². The molecule has 0 aromatic rings. The summed E-state index contributed by atoms with van der Waals surface area (Å²) in [5.74, 6) is -1.18. The molecule has 0 aliphatic carbocycles.